The van der Waals surface area contributed by atoms with Crippen LogP contribution in [0.4, 0.5) is 11.5 Å². The fourth-order valence-corrected chi connectivity index (χ4v) is 3.04. The summed E-state index contributed by atoms with van der Waals surface area (Å²) < 4.78 is 5.39. The van der Waals surface area contributed by atoms with Crippen LogP contribution in [-0.2, 0) is 9.53 Å². The first-order chi connectivity index (χ1) is 9.97. The van der Waals surface area contributed by atoms with Crippen molar-refractivity contribution in [2.75, 3.05) is 18.6 Å². The van der Waals surface area contributed by atoms with Crippen molar-refractivity contribution in [3.8, 4) is 0 Å². The molecule has 1 aromatic rings. The van der Waals surface area contributed by atoms with Gasteiger partial charge in [-0.2, -0.15) is 0 Å². The van der Waals surface area contributed by atoms with E-state index < -0.39 is 11.0 Å². The van der Waals surface area contributed by atoms with Gasteiger partial charge in [0.25, 0.3) is 5.69 Å². The molecule has 1 aliphatic rings. The third-order valence-electron chi connectivity index (χ3n) is 3.66. The second kappa shape index (κ2) is 6.38. The Balaban J connectivity index is 2.42. The first-order valence-electron chi connectivity index (χ1n) is 6.61. The third kappa shape index (κ3) is 2.99. The van der Waals surface area contributed by atoms with Crippen molar-refractivity contribution in [1.29, 1.82) is 0 Å². The number of esters is 1. The molecule has 21 heavy (non-hydrogen) atoms. The number of hydrogen-bond acceptors (Lipinski definition) is 6. The molecule has 8 heteroatoms. The minimum atomic E-state index is -0.467. The molecule has 114 valence electrons. The standard InChI is InChI=1S/C13H16BrN3O4/c1-8-10(17(19)20)7-15-12(11(8)14)16-6-4-3-5-9(16)13(18)21-2/h7,9H,3-6H2,1-2H3. The number of piperidine rings is 1. The summed E-state index contributed by atoms with van der Waals surface area (Å²) in [5.74, 6) is 0.243. The van der Waals surface area contributed by atoms with E-state index in [-0.39, 0.29) is 11.7 Å². The molecule has 1 atom stereocenters. The van der Waals surface area contributed by atoms with Crippen LogP contribution in [0.2, 0.25) is 0 Å². The fourth-order valence-electron chi connectivity index (χ4n) is 2.51. The van der Waals surface area contributed by atoms with Gasteiger partial charge in [-0.3, -0.25) is 10.1 Å². The minimum absolute atomic E-state index is 0.0442. The zero-order chi connectivity index (χ0) is 15.6. The van der Waals surface area contributed by atoms with Gasteiger partial charge in [0.05, 0.1) is 16.5 Å². The topological polar surface area (TPSA) is 85.6 Å². The number of methoxy groups -OCH3 is 1. The molecule has 7 nitrogen and oxygen atoms in total. The van der Waals surface area contributed by atoms with E-state index in [1.54, 1.807) is 6.92 Å². The molecule has 2 heterocycles. The van der Waals surface area contributed by atoms with Crippen molar-refractivity contribution in [3.63, 3.8) is 0 Å². The first-order valence-corrected chi connectivity index (χ1v) is 7.40. The van der Waals surface area contributed by atoms with Gasteiger partial charge in [-0.05, 0) is 42.1 Å². The molecule has 0 aliphatic carbocycles. The van der Waals surface area contributed by atoms with Gasteiger partial charge in [0, 0.05) is 12.1 Å². The fraction of sp³-hybridized carbons (Fsp3) is 0.538. The number of carbonyl (C=O) groups is 1. The highest BCUT2D eigenvalue weighted by Gasteiger charge is 2.32. The van der Waals surface area contributed by atoms with Crippen LogP contribution in [0.5, 0.6) is 0 Å². The Labute approximate surface area is 130 Å². The number of anilines is 1. The van der Waals surface area contributed by atoms with Crippen molar-refractivity contribution in [1.82, 2.24) is 4.98 Å². The number of nitro groups is 1. The van der Waals surface area contributed by atoms with E-state index in [1.165, 1.54) is 13.3 Å². The van der Waals surface area contributed by atoms with Crippen LogP contribution >= 0.6 is 15.9 Å². The molecule has 0 bridgehead atoms. The molecule has 1 unspecified atom stereocenters. The van der Waals surface area contributed by atoms with Crippen molar-refractivity contribution < 1.29 is 14.5 Å². The van der Waals surface area contributed by atoms with Gasteiger partial charge in [0.2, 0.25) is 0 Å². The number of ether oxygens (including phenoxy) is 1. The normalized spacial score (nSPS) is 18.4. The lowest BCUT2D eigenvalue weighted by molar-refractivity contribution is -0.385. The smallest absolute Gasteiger partial charge is 0.328 e. The molecule has 0 radical (unpaired) electrons. The number of nitrogens with zero attached hydrogens (tertiary/aromatic N) is 3. The Morgan fingerprint density at radius 2 is 2.29 bits per heavy atom. The zero-order valence-electron chi connectivity index (χ0n) is 11.8. The van der Waals surface area contributed by atoms with Crippen LogP contribution in [0.1, 0.15) is 24.8 Å². The van der Waals surface area contributed by atoms with Crippen LogP contribution in [0.15, 0.2) is 10.7 Å². The van der Waals surface area contributed by atoms with Crippen LogP contribution in [0.25, 0.3) is 0 Å². The SMILES string of the molecule is COC(=O)C1CCCCN1c1ncc([N+](=O)[O-])c(C)c1Br. The van der Waals surface area contributed by atoms with Gasteiger partial charge in [-0.15, -0.1) is 0 Å². The lowest BCUT2D eigenvalue weighted by Gasteiger charge is -2.35. The molecule has 0 amide bonds. The number of aromatic nitrogens is 1. The van der Waals surface area contributed by atoms with E-state index >= 15 is 0 Å². The highest BCUT2D eigenvalue weighted by atomic mass is 79.9. The first kappa shape index (κ1) is 15.7. The van der Waals surface area contributed by atoms with Gasteiger partial charge < -0.3 is 9.64 Å². The van der Waals surface area contributed by atoms with Crippen LogP contribution in [0, 0.1) is 17.0 Å². The molecule has 0 saturated carbocycles. The monoisotopic (exact) mass is 357 g/mol. The average molecular weight is 358 g/mol. The number of carbonyl (C=O) groups excluding carboxylic acids is 1. The molecule has 0 N–H and O–H groups in total. The van der Waals surface area contributed by atoms with E-state index in [0.29, 0.717) is 28.8 Å². The Bertz CT molecular complexity index is 579. The highest BCUT2D eigenvalue weighted by molar-refractivity contribution is 9.10. The maximum Gasteiger partial charge on any atom is 0.328 e. The van der Waals surface area contributed by atoms with Crippen molar-refractivity contribution in [2.24, 2.45) is 0 Å². The van der Waals surface area contributed by atoms with Crippen molar-refractivity contribution in [2.45, 2.75) is 32.2 Å². The van der Waals surface area contributed by atoms with Gasteiger partial charge in [-0.1, -0.05) is 0 Å². The zero-order valence-corrected chi connectivity index (χ0v) is 13.4. The summed E-state index contributed by atoms with van der Waals surface area (Å²) in [5.41, 5.74) is 0.455. The highest BCUT2D eigenvalue weighted by Crippen LogP contribution is 2.35. The largest absolute Gasteiger partial charge is 0.467 e. The second-order valence-electron chi connectivity index (χ2n) is 4.89. The summed E-state index contributed by atoms with van der Waals surface area (Å²) in [6.45, 7) is 2.33. The average Bonchev–Trinajstić information content (AvgIpc) is 2.49. The number of rotatable bonds is 3. The van der Waals surface area contributed by atoms with Crippen LogP contribution < -0.4 is 4.90 Å². The molecule has 1 saturated heterocycles. The summed E-state index contributed by atoms with van der Waals surface area (Å²) in [6, 6.07) is -0.395. The van der Waals surface area contributed by atoms with E-state index in [0.717, 1.165) is 12.8 Å². The minimum Gasteiger partial charge on any atom is -0.467 e. The molecular weight excluding hydrogens is 342 g/mol. The van der Waals surface area contributed by atoms with E-state index in [2.05, 4.69) is 20.9 Å². The molecule has 2 rings (SSSR count). The summed E-state index contributed by atoms with van der Waals surface area (Å²) in [7, 11) is 1.36. The lowest BCUT2D eigenvalue weighted by Crippen LogP contribution is -2.46. The predicted molar refractivity (Wildman–Crippen MR) is 80.3 cm³/mol. The van der Waals surface area contributed by atoms with E-state index in [1.807, 2.05) is 4.90 Å². The lowest BCUT2D eigenvalue weighted by atomic mass is 10.0. The van der Waals surface area contributed by atoms with E-state index in [4.69, 9.17) is 4.74 Å². The maximum absolute atomic E-state index is 11.9. The molecule has 1 aliphatic heterocycles. The maximum atomic E-state index is 11.9. The number of halogens is 1. The summed E-state index contributed by atoms with van der Waals surface area (Å²) in [4.78, 5) is 28.4. The Kier molecular flexibility index (Phi) is 4.76. The summed E-state index contributed by atoms with van der Waals surface area (Å²) in [6.07, 6.45) is 3.81. The quantitative estimate of drug-likeness (QED) is 0.469. The molecular formula is C13H16BrN3O4. The Morgan fingerprint density at radius 1 is 1.57 bits per heavy atom. The molecule has 1 fully saturated rings. The van der Waals surface area contributed by atoms with Gasteiger partial charge in [-0.25, -0.2) is 9.78 Å². The van der Waals surface area contributed by atoms with Crippen LogP contribution in [-0.4, -0.2) is 35.6 Å². The molecule has 1 aromatic heterocycles. The second-order valence-corrected chi connectivity index (χ2v) is 5.68. The summed E-state index contributed by atoms with van der Waals surface area (Å²) in [5, 5.41) is 10.9. The van der Waals surface area contributed by atoms with Gasteiger partial charge in [0.15, 0.2) is 0 Å². The third-order valence-corrected chi connectivity index (χ3v) is 4.61. The Hall–Kier alpha value is -1.70. The molecule has 0 aromatic carbocycles. The number of pyridine rings is 1. The number of hydrogen-bond donors (Lipinski definition) is 0. The van der Waals surface area contributed by atoms with Gasteiger partial charge >= 0.3 is 5.97 Å². The van der Waals surface area contributed by atoms with Gasteiger partial charge in [0.1, 0.15) is 18.1 Å². The van der Waals surface area contributed by atoms with Crippen molar-refractivity contribution in [3.05, 3.63) is 26.3 Å². The molecule has 0 spiro atoms. The van der Waals surface area contributed by atoms with Crippen LogP contribution in [0.3, 0.4) is 0 Å². The van der Waals surface area contributed by atoms with Crippen molar-refractivity contribution >= 4 is 33.4 Å². The van der Waals surface area contributed by atoms with E-state index in [9.17, 15) is 14.9 Å². The summed E-state index contributed by atoms with van der Waals surface area (Å²) >= 11 is 3.37. The predicted octanol–water partition coefficient (Wildman–Crippen LogP) is 2.59. The Morgan fingerprint density at radius 3 is 2.90 bits per heavy atom.